The lowest BCUT2D eigenvalue weighted by Gasteiger charge is -2.12. The van der Waals surface area contributed by atoms with Crippen LogP contribution in [-0.2, 0) is 9.53 Å². The van der Waals surface area contributed by atoms with E-state index in [1.807, 2.05) is 0 Å². The van der Waals surface area contributed by atoms with Gasteiger partial charge < -0.3 is 19.5 Å². The Balaban J connectivity index is 1.72. The van der Waals surface area contributed by atoms with E-state index in [2.05, 4.69) is 5.32 Å². The minimum Gasteiger partial charge on any atom is -0.493 e. The van der Waals surface area contributed by atoms with Gasteiger partial charge in [-0.2, -0.15) is 0 Å². The van der Waals surface area contributed by atoms with Crippen LogP contribution in [0.25, 0.3) is 0 Å². The number of halogens is 1. The second kappa shape index (κ2) is 8.78. The van der Waals surface area contributed by atoms with Gasteiger partial charge in [0.05, 0.1) is 17.6 Å². The third kappa shape index (κ3) is 5.35. The number of amides is 1. The topological polar surface area (TPSA) is 117 Å². The molecule has 9 nitrogen and oxygen atoms in total. The maximum atomic E-state index is 12.2. The Morgan fingerprint density at radius 3 is 2.55 bits per heavy atom. The zero-order valence-corrected chi connectivity index (χ0v) is 16.1. The normalized spacial score (nSPS) is 12.8. The Labute approximate surface area is 170 Å². The Morgan fingerprint density at radius 1 is 1.17 bits per heavy atom. The molecule has 1 saturated carbocycles. The molecule has 10 heteroatoms. The van der Waals surface area contributed by atoms with Crippen molar-refractivity contribution in [1.82, 2.24) is 5.32 Å². The van der Waals surface area contributed by atoms with Crippen molar-refractivity contribution >= 4 is 29.2 Å². The molecule has 1 aliphatic carbocycles. The first kappa shape index (κ1) is 20.4. The zero-order valence-electron chi connectivity index (χ0n) is 15.3. The molecule has 152 valence electrons. The smallest absolute Gasteiger partial charge is 0.338 e. The van der Waals surface area contributed by atoms with Crippen LogP contribution in [0.1, 0.15) is 23.2 Å². The number of hydrogen-bond acceptors (Lipinski definition) is 7. The van der Waals surface area contributed by atoms with Crippen molar-refractivity contribution in [3.05, 3.63) is 57.1 Å². The van der Waals surface area contributed by atoms with Crippen LogP contribution in [0, 0.1) is 10.1 Å². The number of carbonyl (C=O) groups is 2. The lowest BCUT2D eigenvalue weighted by molar-refractivity contribution is -0.385. The number of benzene rings is 2. The van der Waals surface area contributed by atoms with Crippen molar-refractivity contribution < 1.29 is 28.7 Å². The summed E-state index contributed by atoms with van der Waals surface area (Å²) in [5.74, 6) is -0.794. The van der Waals surface area contributed by atoms with E-state index in [0.717, 1.165) is 12.8 Å². The van der Waals surface area contributed by atoms with Crippen LogP contribution in [0.5, 0.6) is 17.2 Å². The highest BCUT2D eigenvalue weighted by Crippen LogP contribution is 2.38. The second-order valence-corrected chi connectivity index (χ2v) is 6.69. The fourth-order valence-corrected chi connectivity index (χ4v) is 2.59. The first-order chi connectivity index (χ1) is 13.9. The fourth-order valence-electron chi connectivity index (χ4n) is 2.43. The van der Waals surface area contributed by atoms with Crippen molar-refractivity contribution in [3.8, 4) is 17.2 Å². The number of nitrogens with zero attached hydrogens (tertiary/aromatic N) is 1. The molecule has 0 atom stereocenters. The van der Waals surface area contributed by atoms with Crippen LogP contribution in [-0.4, -0.2) is 36.6 Å². The standard InChI is InChI=1S/C19H17ClN2O7/c1-27-17-8-11(19(24)28-10-18(23)21-13-4-5-13)2-6-16(17)29-15-7-3-12(20)9-14(15)22(25)26/h2-3,6-9,13H,4-5,10H2,1H3,(H,21,23). The largest absolute Gasteiger partial charge is 0.493 e. The minimum atomic E-state index is -0.710. The van der Waals surface area contributed by atoms with Gasteiger partial charge in [0.25, 0.3) is 5.91 Å². The Kier molecular flexibility index (Phi) is 6.18. The highest BCUT2D eigenvalue weighted by atomic mass is 35.5. The molecule has 0 bridgehead atoms. The summed E-state index contributed by atoms with van der Waals surface area (Å²) < 4.78 is 15.8. The van der Waals surface area contributed by atoms with E-state index in [-0.39, 0.29) is 52.1 Å². The molecule has 0 heterocycles. The average molecular weight is 421 g/mol. The van der Waals surface area contributed by atoms with E-state index in [4.69, 9.17) is 25.8 Å². The molecular formula is C19H17ClN2O7. The molecule has 2 aromatic rings. The van der Waals surface area contributed by atoms with Crippen LogP contribution < -0.4 is 14.8 Å². The molecule has 0 radical (unpaired) electrons. The minimum absolute atomic E-state index is 0.0372. The number of methoxy groups -OCH3 is 1. The molecule has 0 aliphatic heterocycles. The molecule has 0 aromatic heterocycles. The van der Waals surface area contributed by atoms with Gasteiger partial charge in [-0.3, -0.25) is 14.9 Å². The van der Waals surface area contributed by atoms with E-state index < -0.39 is 10.9 Å². The van der Waals surface area contributed by atoms with Crippen molar-refractivity contribution in [2.45, 2.75) is 18.9 Å². The van der Waals surface area contributed by atoms with Gasteiger partial charge in [-0.05, 0) is 43.2 Å². The first-order valence-corrected chi connectivity index (χ1v) is 9.01. The fraction of sp³-hybridized carbons (Fsp3) is 0.263. The molecular weight excluding hydrogens is 404 g/mol. The van der Waals surface area contributed by atoms with Crippen molar-refractivity contribution in [3.63, 3.8) is 0 Å². The first-order valence-electron chi connectivity index (χ1n) is 8.63. The highest BCUT2D eigenvalue weighted by molar-refractivity contribution is 6.30. The second-order valence-electron chi connectivity index (χ2n) is 6.25. The number of hydrogen-bond donors (Lipinski definition) is 1. The number of carbonyl (C=O) groups excluding carboxylic acids is 2. The lowest BCUT2D eigenvalue weighted by Crippen LogP contribution is -2.30. The Bertz CT molecular complexity index is 960. The number of esters is 1. The van der Waals surface area contributed by atoms with Crippen LogP contribution in [0.15, 0.2) is 36.4 Å². The van der Waals surface area contributed by atoms with Gasteiger partial charge in [-0.25, -0.2) is 4.79 Å². The van der Waals surface area contributed by atoms with E-state index in [1.165, 1.54) is 43.5 Å². The molecule has 3 rings (SSSR count). The summed E-state index contributed by atoms with van der Waals surface area (Å²) in [6, 6.07) is 8.34. The van der Waals surface area contributed by atoms with Crippen molar-refractivity contribution in [1.29, 1.82) is 0 Å². The van der Waals surface area contributed by atoms with Crippen molar-refractivity contribution in [2.24, 2.45) is 0 Å². The zero-order chi connectivity index (χ0) is 21.0. The number of nitro groups is 1. The van der Waals surface area contributed by atoms with E-state index >= 15 is 0 Å². The van der Waals surface area contributed by atoms with Crippen LogP contribution in [0.2, 0.25) is 5.02 Å². The number of nitrogens with one attached hydrogen (secondary N) is 1. The summed E-state index contributed by atoms with van der Waals surface area (Å²) in [7, 11) is 1.36. The molecule has 0 unspecified atom stereocenters. The summed E-state index contributed by atoms with van der Waals surface area (Å²) in [6.07, 6.45) is 1.87. The molecule has 0 saturated heterocycles. The molecule has 1 aliphatic rings. The number of nitro benzene ring substituents is 1. The molecule has 29 heavy (non-hydrogen) atoms. The number of ether oxygens (including phenoxy) is 3. The highest BCUT2D eigenvalue weighted by Gasteiger charge is 2.24. The quantitative estimate of drug-likeness (QED) is 0.394. The maximum absolute atomic E-state index is 12.2. The summed E-state index contributed by atoms with van der Waals surface area (Å²) in [5.41, 5.74) is -0.177. The summed E-state index contributed by atoms with van der Waals surface area (Å²) in [4.78, 5) is 34.4. The van der Waals surface area contributed by atoms with Gasteiger partial charge in [0, 0.05) is 17.1 Å². The predicted octanol–water partition coefficient (Wildman–Crippen LogP) is 3.48. The van der Waals surface area contributed by atoms with E-state index in [9.17, 15) is 19.7 Å². The van der Waals surface area contributed by atoms with Gasteiger partial charge >= 0.3 is 11.7 Å². The predicted molar refractivity (Wildman–Crippen MR) is 103 cm³/mol. The SMILES string of the molecule is COc1cc(C(=O)OCC(=O)NC2CC2)ccc1Oc1ccc(Cl)cc1[N+](=O)[O-]. The summed E-state index contributed by atoms with van der Waals surface area (Å²) >= 11 is 5.80. The Hall–Kier alpha value is -3.33. The third-order valence-corrected chi connectivity index (χ3v) is 4.25. The maximum Gasteiger partial charge on any atom is 0.338 e. The van der Waals surface area contributed by atoms with E-state index in [1.54, 1.807) is 0 Å². The van der Waals surface area contributed by atoms with Crippen LogP contribution >= 0.6 is 11.6 Å². The van der Waals surface area contributed by atoms with Gasteiger partial charge in [0.15, 0.2) is 18.1 Å². The molecule has 1 fully saturated rings. The summed E-state index contributed by atoms with van der Waals surface area (Å²) in [6.45, 7) is -0.382. The van der Waals surface area contributed by atoms with E-state index in [0.29, 0.717) is 0 Å². The molecule has 1 amide bonds. The Morgan fingerprint density at radius 2 is 1.90 bits per heavy atom. The summed E-state index contributed by atoms with van der Waals surface area (Å²) in [5, 5.41) is 14.1. The average Bonchev–Trinajstić information content (AvgIpc) is 3.51. The van der Waals surface area contributed by atoms with Gasteiger partial charge in [-0.1, -0.05) is 11.6 Å². The van der Waals surface area contributed by atoms with Gasteiger partial charge in [0.1, 0.15) is 0 Å². The van der Waals surface area contributed by atoms with Crippen molar-refractivity contribution in [2.75, 3.05) is 13.7 Å². The third-order valence-electron chi connectivity index (χ3n) is 4.01. The van der Waals surface area contributed by atoms with Gasteiger partial charge in [0.2, 0.25) is 5.75 Å². The molecule has 0 spiro atoms. The monoisotopic (exact) mass is 420 g/mol. The van der Waals surface area contributed by atoms with Crippen LogP contribution in [0.3, 0.4) is 0 Å². The molecule has 2 aromatic carbocycles. The number of rotatable bonds is 8. The van der Waals surface area contributed by atoms with Gasteiger partial charge in [-0.15, -0.1) is 0 Å². The molecule has 1 N–H and O–H groups in total. The lowest BCUT2D eigenvalue weighted by atomic mass is 10.2. The van der Waals surface area contributed by atoms with Crippen LogP contribution in [0.4, 0.5) is 5.69 Å².